The molecule has 146 valence electrons. The third kappa shape index (κ3) is 4.30. The Balaban J connectivity index is 2.20. The van der Waals surface area contributed by atoms with Gasteiger partial charge in [-0.3, -0.25) is 14.9 Å². The van der Waals surface area contributed by atoms with Crippen LogP contribution in [0.3, 0.4) is 0 Å². The van der Waals surface area contributed by atoms with E-state index >= 15 is 0 Å². The number of hydrogen-bond donors (Lipinski definition) is 2. The number of carbonyl (C=O) groups is 2. The number of imide groups is 1. The number of likely N-dealkylation sites (tertiary alicyclic amines) is 1. The largest absolute Gasteiger partial charge is 0.416 e. The fourth-order valence-corrected chi connectivity index (χ4v) is 4.14. The van der Waals surface area contributed by atoms with Crippen molar-refractivity contribution >= 4 is 28.6 Å². The number of benzene rings is 1. The van der Waals surface area contributed by atoms with E-state index in [9.17, 15) is 27.9 Å². The molecule has 9 heteroatoms. The smallest absolute Gasteiger partial charge is 0.396 e. The molecular weight excluding hydrogens is 381 g/mol. The number of halogens is 3. The van der Waals surface area contributed by atoms with Crippen molar-refractivity contribution in [1.29, 1.82) is 0 Å². The minimum Gasteiger partial charge on any atom is -0.396 e. The van der Waals surface area contributed by atoms with Gasteiger partial charge in [-0.15, -0.1) is 0 Å². The Labute approximate surface area is 158 Å². The predicted octanol–water partition coefficient (Wildman–Crippen LogP) is 3.38. The number of nitrogens with zero attached hydrogens (tertiary/aromatic N) is 1. The van der Waals surface area contributed by atoms with Gasteiger partial charge in [0.2, 0.25) is 0 Å². The first-order valence-corrected chi connectivity index (χ1v) is 9.46. The maximum Gasteiger partial charge on any atom is 0.416 e. The van der Waals surface area contributed by atoms with Crippen LogP contribution in [0.2, 0.25) is 0 Å². The highest BCUT2D eigenvalue weighted by molar-refractivity contribution is 8.18. The lowest BCUT2D eigenvalue weighted by Crippen LogP contribution is -2.31. The van der Waals surface area contributed by atoms with Gasteiger partial charge < -0.3 is 10.0 Å². The minimum atomic E-state index is -4.54. The second-order valence-corrected chi connectivity index (χ2v) is 7.40. The molecule has 2 saturated heterocycles. The van der Waals surface area contributed by atoms with Crippen LogP contribution in [-0.2, 0) is 17.4 Å². The number of aliphatic hydroxyl groups excluding tert-OH is 1. The summed E-state index contributed by atoms with van der Waals surface area (Å²) in [6.07, 6.45) is -1.68. The molecule has 27 heavy (non-hydrogen) atoms. The molecule has 1 aromatic rings. The zero-order chi connectivity index (χ0) is 19.6. The van der Waals surface area contributed by atoms with Gasteiger partial charge in [0, 0.05) is 25.3 Å². The van der Waals surface area contributed by atoms with Gasteiger partial charge in [0.1, 0.15) is 4.91 Å². The van der Waals surface area contributed by atoms with E-state index in [0.29, 0.717) is 36.1 Å². The van der Waals surface area contributed by atoms with E-state index in [0.717, 1.165) is 31.4 Å². The standard InChI is InChI=1S/C18H19F3N2O3S/c19-18(20,21)12-5-4-11(6-9-24)13(10-12)14(23-7-2-1-3-8-23)15-16(25)22-17(26)27-15/h4-5,10,24H,1-3,6-9H2,(H,22,25,26). The van der Waals surface area contributed by atoms with Gasteiger partial charge in [0.05, 0.1) is 11.3 Å². The van der Waals surface area contributed by atoms with E-state index in [1.165, 1.54) is 6.07 Å². The number of alkyl halides is 3. The van der Waals surface area contributed by atoms with Crippen LogP contribution in [-0.4, -0.2) is 40.8 Å². The van der Waals surface area contributed by atoms with Gasteiger partial charge in [-0.25, -0.2) is 0 Å². The number of rotatable bonds is 4. The van der Waals surface area contributed by atoms with Crippen molar-refractivity contribution in [2.75, 3.05) is 19.7 Å². The Hall–Kier alpha value is -2.00. The number of nitrogens with one attached hydrogen (secondary N) is 1. The second-order valence-electron chi connectivity index (χ2n) is 6.41. The molecule has 2 amide bonds. The Bertz CT molecular complexity index is 787. The van der Waals surface area contributed by atoms with E-state index in [-0.39, 0.29) is 23.5 Å². The van der Waals surface area contributed by atoms with Crippen molar-refractivity contribution in [2.24, 2.45) is 0 Å². The fraction of sp³-hybridized carbons (Fsp3) is 0.444. The molecule has 2 heterocycles. The first-order chi connectivity index (χ1) is 12.8. The number of amides is 2. The molecule has 2 aliphatic heterocycles. The summed E-state index contributed by atoms with van der Waals surface area (Å²) < 4.78 is 39.9. The van der Waals surface area contributed by atoms with Gasteiger partial charge in [-0.2, -0.15) is 13.2 Å². The molecule has 0 atom stereocenters. The first-order valence-electron chi connectivity index (χ1n) is 8.65. The van der Waals surface area contributed by atoms with Crippen LogP contribution in [0.5, 0.6) is 0 Å². The Morgan fingerprint density at radius 2 is 1.89 bits per heavy atom. The molecule has 0 bridgehead atoms. The first kappa shape index (κ1) is 19.8. The number of hydrogen-bond acceptors (Lipinski definition) is 5. The number of carbonyl (C=O) groups excluding carboxylic acids is 2. The lowest BCUT2D eigenvalue weighted by molar-refractivity contribution is -0.137. The van der Waals surface area contributed by atoms with E-state index in [1.54, 1.807) is 0 Å². The molecular formula is C18H19F3N2O3S. The van der Waals surface area contributed by atoms with Gasteiger partial charge in [-0.1, -0.05) is 6.07 Å². The average molecular weight is 400 g/mol. The lowest BCUT2D eigenvalue weighted by Gasteiger charge is -2.33. The van der Waals surface area contributed by atoms with Gasteiger partial charge in [0.15, 0.2) is 0 Å². The summed E-state index contributed by atoms with van der Waals surface area (Å²) in [5.74, 6) is -0.599. The Morgan fingerprint density at radius 3 is 2.44 bits per heavy atom. The van der Waals surface area contributed by atoms with Crippen molar-refractivity contribution in [3.63, 3.8) is 0 Å². The maximum absolute atomic E-state index is 13.3. The van der Waals surface area contributed by atoms with E-state index in [4.69, 9.17) is 0 Å². The van der Waals surface area contributed by atoms with Crippen LogP contribution in [0.15, 0.2) is 23.1 Å². The van der Waals surface area contributed by atoms with Crippen molar-refractivity contribution < 1.29 is 27.9 Å². The molecule has 0 radical (unpaired) electrons. The minimum absolute atomic E-state index is 0.111. The third-order valence-corrected chi connectivity index (χ3v) is 5.45. The van der Waals surface area contributed by atoms with Gasteiger partial charge >= 0.3 is 6.18 Å². The number of piperidine rings is 1. The summed E-state index contributed by atoms with van der Waals surface area (Å²) in [5.41, 5.74) is 0.265. The van der Waals surface area contributed by atoms with Crippen molar-refractivity contribution in [3.8, 4) is 0 Å². The molecule has 0 aliphatic carbocycles. The topological polar surface area (TPSA) is 69.6 Å². The quantitative estimate of drug-likeness (QED) is 0.759. The van der Waals surface area contributed by atoms with Crippen LogP contribution in [0.1, 0.15) is 36.0 Å². The number of aliphatic hydroxyl groups is 1. The Kier molecular flexibility index (Phi) is 5.81. The molecule has 2 N–H and O–H groups in total. The zero-order valence-electron chi connectivity index (χ0n) is 14.4. The molecule has 2 aliphatic rings. The van der Waals surface area contributed by atoms with Crippen LogP contribution in [0, 0.1) is 0 Å². The maximum atomic E-state index is 13.3. The van der Waals surface area contributed by atoms with E-state index in [2.05, 4.69) is 5.32 Å². The molecule has 2 fully saturated rings. The zero-order valence-corrected chi connectivity index (χ0v) is 15.3. The molecule has 0 aromatic heterocycles. The van der Waals surface area contributed by atoms with Crippen molar-refractivity contribution in [2.45, 2.75) is 31.9 Å². The van der Waals surface area contributed by atoms with Crippen LogP contribution in [0.4, 0.5) is 18.0 Å². The summed E-state index contributed by atoms with van der Waals surface area (Å²) >= 11 is 0.705. The van der Waals surface area contributed by atoms with Crippen LogP contribution >= 0.6 is 11.8 Å². The SMILES string of the molecule is O=C1NC(=O)C(=C(c2cc(C(F)(F)F)ccc2CCO)N2CCCCC2)S1. The van der Waals surface area contributed by atoms with Crippen molar-refractivity contribution in [3.05, 3.63) is 39.8 Å². The molecule has 1 aromatic carbocycles. The van der Waals surface area contributed by atoms with Crippen LogP contribution in [0.25, 0.3) is 5.70 Å². The average Bonchev–Trinajstić information content (AvgIpc) is 2.95. The molecule has 0 unspecified atom stereocenters. The lowest BCUT2D eigenvalue weighted by atomic mass is 9.96. The Morgan fingerprint density at radius 1 is 1.19 bits per heavy atom. The summed E-state index contributed by atoms with van der Waals surface area (Å²) in [5, 5.41) is 11.0. The monoisotopic (exact) mass is 400 g/mol. The fourth-order valence-electron chi connectivity index (χ4n) is 3.34. The molecule has 0 saturated carbocycles. The number of thioether (sulfide) groups is 1. The summed E-state index contributed by atoms with van der Waals surface area (Å²) in [4.78, 5) is 25.9. The van der Waals surface area contributed by atoms with Gasteiger partial charge in [-0.05, 0) is 55.1 Å². The summed E-state index contributed by atoms with van der Waals surface area (Å²) in [7, 11) is 0. The highest BCUT2D eigenvalue weighted by atomic mass is 32.2. The van der Waals surface area contributed by atoms with Crippen LogP contribution < -0.4 is 5.32 Å². The second kappa shape index (κ2) is 7.93. The molecule has 5 nitrogen and oxygen atoms in total. The summed E-state index contributed by atoms with van der Waals surface area (Å²) in [6, 6.07) is 3.32. The molecule has 0 spiro atoms. The summed E-state index contributed by atoms with van der Waals surface area (Å²) in [6.45, 7) is 0.949. The van der Waals surface area contributed by atoms with Gasteiger partial charge in [0.25, 0.3) is 11.1 Å². The normalized spacial score (nSPS) is 20.1. The van der Waals surface area contributed by atoms with E-state index in [1.807, 2.05) is 4.90 Å². The highest BCUT2D eigenvalue weighted by Gasteiger charge is 2.35. The third-order valence-electron chi connectivity index (χ3n) is 4.58. The van der Waals surface area contributed by atoms with Crippen molar-refractivity contribution in [1.82, 2.24) is 10.2 Å². The predicted molar refractivity (Wildman–Crippen MR) is 95.7 cm³/mol. The highest BCUT2D eigenvalue weighted by Crippen LogP contribution is 2.39. The van der Waals surface area contributed by atoms with E-state index < -0.39 is 22.9 Å². The molecule has 3 rings (SSSR count).